The van der Waals surface area contributed by atoms with Crippen molar-refractivity contribution in [3.05, 3.63) is 23.8 Å². The van der Waals surface area contributed by atoms with Crippen molar-refractivity contribution in [2.45, 2.75) is 0 Å². The average molecular weight is 166 g/mol. The molecule has 0 N–H and O–H groups in total. The summed E-state index contributed by atoms with van der Waals surface area (Å²) in [4.78, 5) is 28.3. The summed E-state index contributed by atoms with van der Waals surface area (Å²) in [5.74, 6) is -0.605. The summed E-state index contributed by atoms with van der Waals surface area (Å²) in [6.07, 6.45) is 3.01. The van der Waals surface area contributed by atoms with Crippen LogP contribution in [-0.2, 0) is 4.74 Å². The fraction of sp³-hybridized carbons (Fsp3) is 0.143. The third-order valence-corrected chi connectivity index (χ3v) is 1.17. The standard InChI is InChI=1S/C7H6N2O3/c1-12-7(11)6-3-8-2-5(4-10)9-6/h2-4H,1H3. The number of hydrogen-bond acceptors (Lipinski definition) is 5. The number of ether oxygens (including phenoxy) is 1. The van der Waals surface area contributed by atoms with Crippen LogP contribution in [0.2, 0.25) is 0 Å². The molecule has 0 aliphatic heterocycles. The molecule has 0 aliphatic carbocycles. The lowest BCUT2D eigenvalue weighted by molar-refractivity contribution is 0.0593. The molecule has 0 fully saturated rings. The van der Waals surface area contributed by atoms with Gasteiger partial charge in [0.05, 0.1) is 19.5 Å². The SMILES string of the molecule is COC(=O)c1cncc(C=O)n1. The van der Waals surface area contributed by atoms with Gasteiger partial charge in [0.15, 0.2) is 12.0 Å². The first kappa shape index (κ1) is 8.32. The van der Waals surface area contributed by atoms with Crippen LogP contribution in [0, 0.1) is 0 Å². The smallest absolute Gasteiger partial charge is 0.358 e. The third-order valence-electron chi connectivity index (χ3n) is 1.17. The van der Waals surface area contributed by atoms with E-state index in [0.29, 0.717) is 6.29 Å². The number of aromatic nitrogens is 2. The van der Waals surface area contributed by atoms with Crippen molar-refractivity contribution in [3.63, 3.8) is 0 Å². The van der Waals surface area contributed by atoms with Gasteiger partial charge in [-0.3, -0.25) is 9.78 Å². The van der Waals surface area contributed by atoms with Gasteiger partial charge < -0.3 is 4.74 Å². The molecule has 0 spiro atoms. The molecular weight excluding hydrogens is 160 g/mol. The topological polar surface area (TPSA) is 69.2 Å². The molecule has 0 saturated carbocycles. The van der Waals surface area contributed by atoms with Crippen molar-refractivity contribution >= 4 is 12.3 Å². The second-order valence-electron chi connectivity index (χ2n) is 1.94. The van der Waals surface area contributed by atoms with Gasteiger partial charge in [0, 0.05) is 0 Å². The Labute approximate surface area is 68.4 Å². The second kappa shape index (κ2) is 3.56. The number of nitrogens with zero attached hydrogens (tertiary/aromatic N) is 2. The molecule has 0 aliphatic rings. The molecule has 0 unspecified atom stereocenters. The molecule has 5 nitrogen and oxygen atoms in total. The molecule has 0 aromatic carbocycles. The highest BCUT2D eigenvalue weighted by molar-refractivity contribution is 5.87. The van der Waals surface area contributed by atoms with Gasteiger partial charge in [-0.15, -0.1) is 0 Å². The molecule has 62 valence electrons. The first-order chi connectivity index (χ1) is 5.77. The average Bonchev–Trinajstić information content (AvgIpc) is 2.17. The maximum atomic E-state index is 10.8. The Kier molecular flexibility index (Phi) is 2.47. The lowest BCUT2D eigenvalue weighted by atomic mass is 10.4. The largest absolute Gasteiger partial charge is 0.464 e. The Bertz CT molecular complexity index is 311. The third kappa shape index (κ3) is 1.63. The van der Waals surface area contributed by atoms with E-state index in [-0.39, 0.29) is 11.4 Å². The highest BCUT2D eigenvalue weighted by Crippen LogP contribution is 1.95. The van der Waals surface area contributed by atoms with Gasteiger partial charge in [-0.1, -0.05) is 0 Å². The summed E-state index contributed by atoms with van der Waals surface area (Å²) in [5.41, 5.74) is 0.139. The predicted molar refractivity (Wildman–Crippen MR) is 38.8 cm³/mol. The molecule has 1 heterocycles. The van der Waals surface area contributed by atoms with Crippen LogP contribution < -0.4 is 0 Å². The number of carbonyl (C=O) groups excluding carboxylic acids is 2. The predicted octanol–water partition coefficient (Wildman–Crippen LogP) is 0.0757. The summed E-state index contributed by atoms with van der Waals surface area (Å²) in [6.45, 7) is 0. The Hall–Kier alpha value is -1.78. The molecule has 1 aromatic rings. The molecule has 1 aromatic heterocycles. The van der Waals surface area contributed by atoms with Crippen LogP contribution in [0.5, 0.6) is 0 Å². The number of esters is 1. The van der Waals surface area contributed by atoms with Crippen LogP contribution >= 0.6 is 0 Å². The van der Waals surface area contributed by atoms with Crippen molar-refractivity contribution in [1.29, 1.82) is 0 Å². The van der Waals surface area contributed by atoms with Crippen molar-refractivity contribution in [1.82, 2.24) is 9.97 Å². The lowest BCUT2D eigenvalue weighted by Crippen LogP contribution is -2.06. The van der Waals surface area contributed by atoms with Gasteiger partial charge in [0.2, 0.25) is 0 Å². The first-order valence-corrected chi connectivity index (χ1v) is 3.13. The first-order valence-electron chi connectivity index (χ1n) is 3.13. The van der Waals surface area contributed by atoms with Gasteiger partial charge in [-0.2, -0.15) is 0 Å². The van der Waals surface area contributed by atoms with E-state index < -0.39 is 5.97 Å². The van der Waals surface area contributed by atoms with Crippen LogP contribution in [0.3, 0.4) is 0 Å². The minimum atomic E-state index is -0.605. The quantitative estimate of drug-likeness (QED) is 0.459. The Balaban J connectivity index is 3.01. The Morgan fingerprint density at radius 1 is 1.58 bits per heavy atom. The van der Waals surface area contributed by atoms with E-state index >= 15 is 0 Å². The summed E-state index contributed by atoms with van der Waals surface area (Å²) >= 11 is 0. The molecule has 5 heteroatoms. The minimum Gasteiger partial charge on any atom is -0.464 e. The number of aldehydes is 1. The molecule has 1 rings (SSSR count). The van der Waals surface area contributed by atoms with E-state index in [1.807, 2.05) is 0 Å². The maximum Gasteiger partial charge on any atom is 0.358 e. The molecular formula is C7H6N2O3. The summed E-state index contributed by atoms with van der Waals surface area (Å²) < 4.78 is 4.38. The van der Waals surface area contributed by atoms with Crippen molar-refractivity contribution < 1.29 is 14.3 Å². The molecule has 0 atom stereocenters. The molecule has 0 amide bonds. The number of rotatable bonds is 2. The van der Waals surface area contributed by atoms with Gasteiger partial charge in [0.25, 0.3) is 0 Å². The zero-order chi connectivity index (χ0) is 8.97. The lowest BCUT2D eigenvalue weighted by Gasteiger charge is -1.96. The zero-order valence-electron chi connectivity index (χ0n) is 6.35. The highest BCUT2D eigenvalue weighted by Gasteiger charge is 2.07. The number of carbonyl (C=O) groups is 2. The normalized spacial score (nSPS) is 9.08. The molecule has 0 bridgehead atoms. The van der Waals surface area contributed by atoms with Gasteiger partial charge in [-0.05, 0) is 0 Å². The van der Waals surface area contributed by atoms with E-state index in [0.717, 1.165) is 0 Å². The Morgan fingerprint density at radius 2 is 2.33 bits per heavy atom. The number of hydrogen-bond donors (Lipinski definition) is 0. The van der Waals surface area contributed by atoms with E-state index in [1.54, 1.807) is 0 Å². The highest BCUT2D eigenvalue weighted by atomic mass is 16.5. The second-order valence-corrected chi connectivity index (χ2v) is 1.94. The van der Waals surface area contributed by atoms with E-state index in [4.69, 9.17) is 0 Å². The van der Waals surface area contributed by atoms with Gasteiger partial charge in [0.1, 0.15) is 5.69 Å². The van der Waals surface area contributed by atoms with Crippen molar-refractivity contribution in [2.24, 2.45) is 0 Å². The van der Waals surface area contributed by atoms with Crippen molar-refractivity contribution in [2.75, 3.05) is 7.11 Å². The van der Waals surface area contributed by atoms with E-state index in [1.165, 1.54) is 19.5 Å². The summed E-state index contributed by atoms with van der Waals surface area (Å²) in [7, 11) is 1.23. The fourth-order valence-electron chi connectivity index (χ4n) is 0.641. The van der Waals surface area contributed by atoms with E-state index in [2.05, 4.69) is 14.7 Å². The van der Waals surface area contributed by atoms with Crippen LogP contribution in [-0.4, -0.2) is 29.3 Å². The number of methoxy groups -OCH3 is 1. The maximum absolute atomic E-state index is 10.8. The van der Waals surface area contributed by atoms with Gasteiger partial charge >= 0.3 is 5.97 Å². The van der Waals surface area contributed by atoms with Crippen LogP contribution in [0.25, 0.3) is 0 Å². The monoisotopic (exact) mass is 166 g/mol. The summed E-state index contributed by atoms with van der Waals surface area (Å²) in [5, 5.41) is 0. The zero-order valence-corrected chi connectivity index (χ0v) is 6.35. The van der Waals surface area contributed by atoms with Crippen molar-refractivity contribution in [3.8, 4) is 0 Å². The Morgan fingerprint density at radius 3 is 2.92 bits per heavy atom. The van der Waals surface area contributed by atoms with Crippen LogP contribution in [0.1, 0.15) is 21.0 Å². The summed E-state index contributed by atoms with van der Waals surface area (Å²) in [6, 6.07) is 0. The fourth-order valence-corrected chi connectivity index (χ4v) is 0.641. The minimum absolute atomic E-state index is 0.0297. The molecule has 0 radical (unpaired) electrons. The van der Waals surface area contributed by atoms with Crippen LogP contribution in [0.15, 0.2) is 12.4 Å². The van der Waals surface area contributed by atoms with E-state index in [9.17, 15) is 9.59 Å². The van der Waals surface area contributed by atoms with Crippen LogP contribution in [0.4, 0.5) is 0 Å². The molecule has 0 saturated heterocycles. The van der Waals surface area contributed by atoms with Gasteiger partial charge in [-0.25, -0.2) is 9.78 Å². The molecule has 12 heavy (non-hydrogen) atoms.